The van der Waals surface area contributed by atoms with E-state index in [1.807, 2.05) is 18.2 Å². The number of rotatable bonds is 5. The summed E-state index contributed by atoms with van der Waals surface area (Å²) in [6.45, 7) is 1.90. The summed E-state index contributed by atoms with van der Waals surface area (Å²) in [5, 5.41) is 0. The molecule has 0 unspecified atom stereocenters. The Labute approximate surface area is 187 Å². The van der Waals surface area contributed by atoms with Crippen LogP contribution in [0.2, 0.25) is 0 Å². The van der Waals surface area contributed by atoms with E-state index in [0.29, 0.717) is 25.5 Å². The lowest BCUT2D eigenvalue weighted by Gasteiger charge is -2.30. The molecule has 31 heavy (non-hydrogen) atoms. The molecule has 0 aromatic heterocycles. The molecule has 0 saturated heterocycles. The Hall–Kier alpha value is -2.23. The molecule has 9 heteroatoms. The van der Waals surface area contributed by atoms with Crippen molar-refractivity contribution in [3.63, 3.8) is 0 Å². The van der Waals surface area contributed by atoms with Crippen LogP contribution in [0, 0.1) is 0 Å². The number of anilines is 1. The van der Waals surface area contributed by atoms with E-state index in [0.717, 1.165) is 41.2 Å². The molecule has 166 valence electrons. The van der Waals surface area contributed by atoms with Crippen molar-refractivity contribution in [2.24, 2.45) is 0 Å². The first-order valence-corrected chi connectivity index (χ1v) is 12.7. The molecule has 0 aliphatic carbocycles. The number of ether oxygens (including phenoxy) is 2. The highest BCUT2D eigenvalue weighted by Gasteiger charge is 2.25. The van der Waals surface area contributed by atoms with Gasteiger partial charge in [0.1, 0.15) is 0 Å². The first kappa shape index (κ1) is 22.0. The second-order valence-corrected chi connectivity index (χ2v) is 10.9. The van der Waals surface area contributed by atoms with Crippen molar-refractivity contribution in [1.82, 2.24) is 4.31 Å². The van der Waals surface area contributed by atoms with Crippen LogP contribution in [0.1, 0.15) is 18.4 Å². The molecule has 0 N–H and O–H groups in total. The molecule has 4 rings (SSSR count). The van der Waals surface area contributed by atoms with Crippen molar-refractivity contribution in [2.75, 3.05) is 44.5 Å². The number of fused-ring (bicyclic) bond motifs is 2. The maximum atomic E-state index is 13.0. The average molecular weight is 463 g/mol. The van der Waals surface area contributed by atoms with Crippen LogP contribution < -0.4 is 14.4 Å². The molecule has 0 saturated carbocycles. The van der Waals surface area contributed by atoms with Crippen molar-refractivity contribution >= 4 is 33.4 Å². The van der Waals surface area contributed by atoms with Crippen molar-refractivity contribution in [3.8, 4) is 11.5 Å². The Bertz CT molecular complexity index is 1090. The van der Waals surface area contributed by atoms with E-state index in [-0.39, 0.29) is 16.6 Å². The SMILES string of the molecule is CN(C)S(=O)(=O)c1ccc2c(c1)CCCN2C(=O)CSc1ccc2c(c1)OCCCO2. The molecule has 2 aliphatic rings. The van der Waals surface area contributed by atoms with Gasteiger partial charge >= 0.3 is 0 Å². The fourth-order valence-corrected chi connectivity index (χ4v) is 5.41. The summed E-state index contributed by atoms with van der Waals surface area (Å²) in [5.74, 6) is 1.74. The Kier molecular flexibility index (Phi) is 6.45. The minimum Gasteiger partial charge on any atom is -0.490 e. The maximum Gasteiger partial charge on any atom is 0.242 e. The number of carbonyl (C=O) groups excluding carboxylic acids is 1. The maximum absolute atomic E-state index is 13.0. The third-order valence-corrected chi connectivity index (χ3v) is 8.12. The van der Waals surface area contributed by atoms with Gasteiger partial charge in [-0.2, -0.15) is 0 Å². The molecule has 2 heterocycles. The van der Waals surface area contributed by atoms with Crippen molar-refractivity contribution in [2.45, 2.75) is 29.1 Å². The molecule has 0 fully saturated rings. The van der Waals surface area contributed by atoms with Crippen LogP contribution in [0.15, 0.2) is 46.2 Å². The summed E-state index contributed by atoms with van der Waals surface area (Å²) in [4.78, 5) is 16.0. The topological polar surface area (TPSA) is 76.2 Å². The third-order valence-electron chi connectivity index (χ3n) is 5.33. The number of carbonyl (C=O) groups is 1. The van der Waals surface area contributed by atoms with Crippen LogP contribution in [0.3, 0.4) is 0 Å². The summed E-state index contributed by atoms with van der Waals surface area (Å²) in [7, 11) is -0.470. The van der Waals surface area contributed by atoms with Gasteiger partial charge in [0.2, 0.25) is 15.9 Å². The van der Waals surface area contributed by atoms with Crippen LogP contribution in [0.4, 0.5) is 5.69 Å². The van der Waals surface area contributed by atoms with E-state index in [1.54, 1.807) is 23.1 Å². The van der Waals surface area contributed by atoms with Gasteiger partial charge in [0.15, 0.2) is 11.5 Å². The highest BCUT2D eigenvalue weighted by molar-refractivity contribution is 8.00. The molecule has 1 amide bonds. The van der Waals surface area contributed by atoms with E-state index in [4.69, 9.17) is 9.47 Å². The van der Waals surface area contributed by atoms with Gasteiger partial charge in [0, 0.05) is 37.6 Å². The van der Waals surface area contributed by atoms with Crippen LogP contribution in [0.25, 0.3) is 0 Å². The van der Waals surface area contributed by atoms with E-state index in [2.05, 4.69) is 0 Å². The zero-order chi connectivity index (χ0) is 22.0. The lowest BCUT2D eigenvalue weighted by atomic mass is 10.0. The van der Waals surface area contributed by atoms with Crippen LogP contribution in [0.5, 0.6) is 11.5 Å². The summed E-state index contributed by atoms with van der Waals surface area (Å²) in [5.41, 5.74) is 1.69. The van der Waals surface area contributed by atoms with Crippen LogP contribution in [-0.2, 0) is 21.2 Å². The number of aryl methyl sites for hydroxylation is 1. The van der Waals surface area contributed by atoms with Gasteiger partial charge in [-0.15, -0.1) is 11.8 Å². The Morgan fingerprint density at radius 3 is 2.61 bits per heavy atom. The smallest absolute Gasteiger partial charge is 0.242 e. The lowest BCUT2D eigenvalue weighted by molar-refractivity contribution is -0.116. The molecular weight excluding hydrogens is 436 g/mol. The number of hydrogen-bond acceptors (Lipinski definition) is 6. The normalized spacial score (nSPS) is 16.0. The van der Waals surface area contributed by atoms with E-state index >= 15 is 0 Å². The van der Waals surface area contributed by atoms with Crippen molar-refractivity contribution < 1.29 is 22.7 Å². The highest BCUT2D eigenvalue weighted by atomic mass is 32.2. The number of sulfonamides is 1. The Balaban J connectivity index is 1.47. The van der Waals surface area contributed by atoms with Gasteiger partial charge in [-0.1, -0.05) is 0 Å². The number of hydrogen-bond donors (Lipinski definition) is 0. The Morgan fingerprint density at radius 2 is 1.84 bits per heavy atom. The molecule has 0 spiro atoms. The molecule has 0 atom stereocenters. The second-order valence-electron chi connectivity index (χ2n) is 7.67. The standard InChI is InChI=1S/C22H26N2O5S2/c1-23(2)31(26,27)18-7-8-19-16(13-18)5-3-10-24(19)22(25)15-30-17-6-9-20-21(14-17)29-12-4-11-28-20/h6-9,13-14H,3-5,10-12,15H2,1-2H3. The van der Waals surface area contributed by atoms with Gasteiger partial charge in [-0.05, 0) is 54.8 Å². The summed E-state index contributed by atoms with van der Waals surface area (Å²) < 4.78 is 37.5. The van der Waals surface area contributed by atoms with Crippen molar-refractivity contribution in [3.05, 3.63) is 42.0 Å². The van der Waals surface area contributed by atoms with Crippen molar-refractivity contribution in [1.29, 1.82) is 0 Å². The number of amides is 1. The largest absolute Gasteiger partial charge is 0.490 e. The highest BCUT2D eigenvalue weighted by Crippen LogP contribution is 2.35. The predicted molar refractivity (Wildman–Crippen MR) is 121 cm³/mol. The summed E-state index contributed by atoms with van der Waals surface area (Å²) in [6.07, 6.45) is 2.41. The molecule has 0 radical (unpaired) electrons. The predicted octanol–water partition coefficient (Wildman–Crippen LogP) is 3.17. The number of benzene rings is 2. The monoisotopic (exact) mass is 462 g/mol. The second kappa shape index (κ2) is 9.10. The zero-order valence-corrected chi connectivity index (χ0v) is 19.3. The first-order valence-electron chi connectivity index (χ1n) is 10.2. The van der Waals surface area contributed by atoms with Crippen LogP contribution in [-0.4, -0.2) is 58.2 Å². The van der Waals surface area contributed by atoms with E-state index < -0.39 is 10.0 Å². The van der Waals surface area contributed by atoms with Crippen LogP contribution >= 0.6 is 11.8 Å². The lowest BCUT2D eigenvalue weighted by Crippen LogP contribution is -2.36. The first-order chi connectivity index (χ1) is 14.9. The fraction of sp³-hybridized carbons (Fsp3) is 0.409. The summed E-state index contributed by atoms with van der Waals surface area (Å²) >= 11 is 1.46. The molecule has 2 aromatic carbocycles. The molecular formula is C22H26N2O5S2. The minimum atomic E-state index is -3.50. The van der Waals surface area contributed by atoms with Gasteiger partial charge < -0.3 is 14.4 Å². The molecule has 2 aromatic rings. The quantitative estimate of drug-likeness (QED) is 0.636. The van der Waals surface area contributed by atoms with E-state index in [9.17, 15) is 13.2 Å². The zero-order valence-electron chi connectivity index (χ0n) is 17.7. The Morgan fingerprint density at radius 1 is 1.06 bits per heavy atom. The third kappa shape index (κ3) is 4.68. The van der Waals surface area contributed by atoms with E-state index in [1.165, 1.54) is 30.2 Å². The molecule has 7 nitrogen and oxygen atoms in total. The number of thioether (sulfide) groups is 1. The fourth-order valence-electron chi connectivity index (χ4n) is 3.66. The molecule has 2 aliphatic heterocycles. The number of nitrogens with zero attached hydrogens (tertiary/aromatic N) is 2. The van der Waals surface area contributed by atoms with Gasteiger partial charge in [0.25, 0.3) is 0 Å². The van der Waals surface area contributed by atoms with Gasteiger partial charge in [0.05, 0.1) is 23.9 Å². The molecule has 0 bridgehead atoms. The summed E-state index contributed by atoms with van der Waals surface area (Å²) in [6, 6.07) is 10.8. The minimum absolute atomic E-state index is 0.00118. The van der Waals surface area contributed by atoms with Gasteiger partial charge in [-0.3, -0.25) is 4.79 Å². The van der Waals surface area contributed by atoms with Gasteiger partial charge in [-0.25, -0.2) is 12.7 Å². The average Bonchev–Trinajstić information content (AvgIpc) is 3.01.